The SMILES string of the molecule is COC(=O)c1ccccc1-c1ccc(/C=C2/SC(=Nc3cccc(Cl)c3C)NC2=O)o1. The smallest absolute Gasteiger partial charge is 0.338 e. The number of methoxy groups -OCH3 is 1. The van der Waals surface area contributed by atoms with Gasteiger partial charge >= 0.3 is 5.97 Å². The predicted octanol–water partition coefficient (Wildman–Crippen LogP) is 5.59. The molecule has 0 aliphatic carbocycles. The third kappa shape index (κ3) is 4.42. The van der Waals surface area contributed by atoms with E-state index in [4.69, 9.17) is 20.8 Å². The quantitative estimate of drug-likeness (QED) is 0.412. The fourth-order valence-corrected chi connectivity index (χ4v) is 3.98. The first kappa shape index (κ1) is 21.0. The normalized spacial score (nSPS) is 16.0. The molecule has 4 rings (SSSR count). The highest BCUT2D eigenvalue weighted by atomic mass is 35.5. The van der Waals surface area contributed by atoms with Crippen molar-refractivity contribution in [2.24, 2.45) is 4.99 Å². The molecular formula is C23H17ClN2O4S. The van der Waals surface area contributed by atoms with E-state index in [0.717, 1.165) is 5.56 Å². The molecule has 3 aromatic rings. The maximum Gasteiger partial charge on any atom is 0.338 e. The summed E-state index contributed by atoms with van der Waals surface area (Å²) in [6.07, 6.45) is 1.64. The van der Waals surface area contributed by atoms with Crippen molar-refractivity contribution in [2.45, 2.75) is 6.92 Å². The number of nitrogens with zero attached hydrogens (tertiary/aromatic N) is 1. The van der Waals surface area contributed by atoms with Crippen LogP contribution in [0.1, 0.15) is 21.7 Å². The van der Waals surface area contributed by atoms with Crippen LogP contribution in [0, 0.1) is 6.92 Å². The highest BCUT2D eigenvalue weighted by Crippen LogP contribution is 2.32. The van der Waals surface area contributed by atoms with E-state index in [-0.39, 0.29) is 5.91 Å². The van der Waals surface area contributed by atoms with Gasteiger partial charge in [0.1, 0.15) is 11.5 Å². The number of thioether (sulfide) groups is 1. The Kier molecular flexibility index (Phi) is 5.97. The van der Waals surface area contributed by atoms with Crippen LogP contribution in [-0.2, 0) is 9.53 Å². The van der Waals surface area contributed by atoms with E-state index in [1.165, 1.54) is 18.9 Å². The number of hydrogen-bond donors (Lipinski definition) is 1. The second kappa shape index (κ2) is 8.83. The fourth-order valence-electron chi connectivity index (χ4n) is 3.00. The molecular weight excluding hydrogens is 436 g/mol. The highest BCUT2D eigenvalue weighted by Gasteiger charge is 2.25. The van der Waals surface area contributed by atoms with Crippen molar-refractivity contribution in [2.75, 3.05) is 7.11 Å². The molecule has 0 unspecified atom stereocenters. The monoisotopic (exact) mass is 452 g/mol. The van der Waals surface area contributed by atoms with Crippen LogP contribution in [0.2, 0.25) is 5.02 Å². The maximum absolute atomic E-state index is 12.4. The maximum atomic E-state index is 12.4. The summed E-state index contributed by atoms with van der Waals surface area (Å²) in [5, 5.41) is 3.82. The Labute approximate surface area is 188 Å². The number of esters is 1. The summed E-state index contributed by atoms with van der Waals surface area (Å²) in [5.74, 6) is 0.262. The van der Waals surface area contributed by atoms with E-state index in [2.05, 4.69) is 10.3 Å². The molecule has 1 N–H and O–H groups in total. The molecule has 2 aromatic carbocycles. The number of rotatable bonds is 4. The third-order valence-electron chi connectivity index (χ3n) is 4.61. The zero-order valence-electron chi connectivity index (χ0n) is 16.6. The molecule has 0 radical (unpaired) electrons. The van der Waals surface area contributed by atoms with E-state index >= 15 is 0 Å². The highest BCUT2D eigenvalue weighted by molar-refractivity contribution is 8.18. The number of furan rings is 1. The second-order valence-electron chi connectivity index (χ2n) is 6.60. The van der Waals surface area contributed by atoms with Crippen molar-refractivity contribution in [3.63, 3.8) is 0 Å². The number of ether oxygens (including phenoxy) is 1. The number of halogens is 1. The van der Waals surface area contributed by atoms with Gasteiger partial charge in [-0.3, -0.25) is 4.79 Å². The molecule has 0 atom stereocenters. The summed E-state index contributed by atoms with van der Waals surface area (Å²) in [7, 11) is 1.33. The fraction of sp³-hybridized carbons (Fsp3) is 0.0870. The molecule has 8 heteroatoms. The lowest BCUT2D eigenvalue weighted by molar-refractivity contribution is -0.115. The summed E-state index contributed by atoms with van der Waals surface area (Å²) in [6, 6.07) is 15.9. The molecule has 1 aliphatic rings. The van der Waals surface area contributed by atoms with Crippen LogP contribution in [0.15, 0.2) is 68.9 Å². The van der Waals surface area contributed by atoms with Crippen LogP contribution in [0.4, 0.5) is 5.69 Å². The van der Waals surface area contributed by atoms with Gasteiger partial charge in [-0.15, -0.1) is 0 Å². The number of carbonyl (C=O) groups is 2. The van der Waals surface area contributed by atoms with Crippen molar-refractivity contribution >= 4 is 52.2 Å². The minimum Gasteiger partial charge on any atom is -0.465 e. The number of nitrogens with one attached hydrogen (secondary N) is 1. The van der Waals surface area contributed by atoms with Gasteiger partial charge in [0, 0.05) is 16.7 Å². The molecule has 31 heavy (non-hydrogen) atoms. The molecule has 1 saturated heterocycles. The minimum absolute atomic E-state index is 0.267. The van der Waals surface area contributed by atoms with Crippen LogP contribution in [0.3, 0.4) is 0 Å². The van der Waals surface area contributed by atoms with Gasteiger partial charge < -0.3 is 14.5 Å². The topological polar surface area (TPSA) is 80.9 Å². The molecule has 0 bridgehead atoms. The zero-order chi connectivity index (χ0) is 22.0. The Morgan fingerprint density at radius 1 is 1.16 bits per heavy atom. The second-order valence-corrected chi connectivity index (χ2v) is 8.04. The van der Waals surface area contributed by atoms with Gasteiger partial charge in [0.25, 0.3) is 5.91 Å². The standard InChI is InChI=1S/C23H17ClN2O4S/c1-13-17(24)8-5-9-18(13)25-23-26-21(27)20(31-23)12-14-10-11-19(30-14)15-6-3-4-7-16(15)22(28)29-2/h3-12H,1-2H3,(H,25,26,27)/b20-12+. The summed E-state index contributed by atoms with van der Waals surface area (Å²) < 4.78 is 10.7. The Morgan fingerprint density at radius 3 is 2.77 bits per heavy atom. The molecule has 1 amide bonds. The largest absolute Gasteiger partial charge is 0.465 e. The predicted molar refractivity (Wildman–Crippen MR) is 122 cm³/mol. The van der Waals surface area contributed by atoms with Gasteiger partial charge in [-0.1, -0.05) is 35.9 Å². The van der Waals surface area contributed by atoms with E-state index in [9.17, 15) is 9.59 Å². The number of carbonyl (C=O) groups excluding carboxylic acids is 2. The lowest BCUT2D eigenvalue weighted by atomic mass is 10.1. The molecule has 0 saturated carbocycles. The van der Waals surface area contributed by atoms with Crippen molar-refractivity contribution in [1.82, 2.24) is 5.32 Å². The number of benzene rings is 2. The molecule has 1 aromatic heterocycles. The first-order chi connectivity index (χ1) is 15.0. The van der Waals surface area contributed by atoms with E-state index in [1.54, 1.807) is 42.5 Å². The molecule has 1 aliphatic heterocycles. The summed E-state index contributed by atoms with van der Waals surface area (Å²) in [6.45, 7) is 1.87. The van der Waals surface area contributed by atoms with Gasteiger partial charge in [0.2, 0.25) is 0 Å². The van der Waals surface area contributed by atoms with Gasteiger partial charge in [0.05, 0.1) is 23.3 Å². The Hall–Kier alpha value is -3.29. The van der Waals surface area contributed by atoms with Crippen molar-refractivity contribution < 1.29 is 18.7 Å². The summed E-state index contributed by atoms with van der Waals surface area (Å²) in [4.78, 5) is 29.3. The summed E-state index contributed by atoms with van der Waals surface area (Å²) >= 11 is 7.35. The van der Waals surface area contributed by atoms with Gasteiger partial charge in [-0.05, 0) is 54.6 Å². The van der Waals surface area contributed by atoms with Crippen molar-refractivity contribution in [3.8, 4) is 11.3 Å². The average Bonchev–Trinajstić information content (AvgIpc) is 3.37. The van der Waals surface area contributed by atoms with Gasteiger partial charge in [-0.25, -0.2) is 9.79 Å². The number of aliphatic imine (C=N–C) groups is 1. The van der Waals surface area contributed by atoms with E-state index < -0.39 is 5.97 Å². The van der Waals surface area contributed by atoms with Crippen LogP contribution < -0.4 is 5.32 Å². The van der Waals surface area contributed by atoms with Gasteiger partial charge in [-0.2, -0.15) is 0 Å². The molecule has 6 nitrogen and oxygen atoms in total. The minimum atomic E-state index is -0.449. The molecule has 1 fully saturated rings. The van der Waals surface area contributed by atoms with Crippen LogP contribution in [0.25, 0.3) is 17.4 Å². The third-order valence-corrected chi connectivity index (χ3v) is 5.93. The number of amidine groups is 1. The first-order valence-electron chi connectivity index (χ1n) is 9.28. The van der Waals surface area contributed by atoms with Crippen molar-refractivity contribution in [3.05, 3.63) is 81.4 Å². The first-order valence-corrected chi connectivity index (χ1v) is 10.5. The molecule has 0 spiro atoms. The Balaban J connectivity index is 1.59. The average molecular weight is 453 g/mol. The van der Waals surface area contributed by atoms with Crippen LogP contribution >= 0.6 is 23.4 Å². The van der Waals surface area contributed by atoms with E-state index in [0.29, 0.717) is 43.4 Å². The number of amides is 1. The van der Waals surface area contributed by atoms with Crippen molar-refractivity contribution in [1.29, 1.82) is 0 Å². The van der Waals surface area contributed by atoms with Crippen LogP contribution in [0.5, 0.6) is 0 Å². The Bertz CT molecular complexity index is 1250. The van der Waals surface area contributed by atoms with Crippen LogP contribution in [-0.4, -0.2) is 24.2 Å². The number of hydrogen-bond acceptors (Lipinski definition) is 6. The lowest BCUT2D eigenvalue weighted by Crippen LogP contribution is -2.19. The Morgan fingerprint density at radius 2 is 1.97 bits per heavy atom. The lowest BCUT2D eigenvalue weighted by Gasteiger charge is -2.04. The molecule has 156 valence electrons. The summed E-state index contributed by atoms with van der Waals surface area (Å²) in [5.41, 5.74) is 2.54. The van der Waals surface area contributed by atoms with Gasteiger partial charge in [0.15, 0.2) is 5.17 Å². The molecule has 2 heterocycles. The zero-order valence-corrected chi connectivity index (χ0v) is 18.2. The van der Waals surface area contributed by atoms with E-state index in [1.807, 2.05) is 25.1 Å².